The molecule has 0 radical (unpaired) electrons. The Kier molecular flexibility index (Phi) is 3.66. The molecule has 100 valence electrons. The molecule has 1 fully saturated rings. The van der Waals surface area contributed by atoms with E-state index in [1.54, 1.807) is 0 Å². The molecule has 0 amide bonds. The van der Waals surface area contributed by atoms with Crippen molar-refractivity contribution in [1.82, 2.24) is 0 Å². The summed E-state index contributed by atoms with van der Waals surface area (Å²) in [4.78, 5) is 0.485. The van der Waals surface area contributed by atoms with Gasteiger partial charge in [0.25, 0.3) is 0 Å². The van der Waals surface area contributed by atoms with Crippen molar-refractivity contribution < 1.29 is 0 Å². The third-order valence-corrected chi connectivity index (χ3v) is 6.40. The summed E-state index contributed by atoms with van der Waals surface area (Å²) in [6.45, 7) is 2.35. The second kappa shape index (κ2) is 5.28. The average Bonchev–Trinajstić information content (AvgIpc) is 2.96. The van der Waals surface area contributed by atoms with E-state index in [0.29, 0.717) is 10.2 Å². The maximum atomic E-state index is 4.05. The van der Waals surface area contributed by atoms with Crippen molar-refractivity contribution in [3.05, 3.63) is 48.0 Å². The number of benzene rings is 2. The minimum absolute atomic E-state index is 0.462. The highest BCUT2D eigenvalue weighted by molar-refractivity contribution is 9.09. The first-order valence-electron chi connectivity index (χ1n) is 7.38. The molecular formula is C18H21Br. The minimum atomic E-state index is 0.462. The summed E-state index contributed by atoms with van der Waals surface area (Å²) >= 11 is 4.05. The molecule has 0 spiro atoms. The maximum absolute atomic E-state index is 4.05. The standard InChI is InChI=1S/C18H21Br/c1-2-18(12-5-6-13-18)17(19)16-11-7-9-14-8-3-4-10-15(14)16/h3-4,7-11,17H,2,5-6,12-13H2,1H3. The molecule has 2 aromatic carbocycles. The maximum Gasteiger partial charge on any atom is 0.0457 e. The molecule has 0 saturated heterocycles. The van der Waals surface area contributed by atoms with Crippen LogP contribution in [0.15, 0.2) is 42.5 Å². The van der Waals surface area contributed by atoms with Gasteiger partial charge in [0.2, 0.25) is 0 Å². The van der Waals surface area contributed by atoms with Crippen molar-refractivity contribution in [2.75, 3.05) is 0 Å². The molecular weight excluding hydrogens is 296 g/mol. The summed E-state index contributed by atoms with van der Waals surface area (Å²) in [7, 11) is 0. The lowest BCUT2D eigenvalue weighted by molar-refractivity contribution is 0.280. The number of hydrogen-bond donors (Lipinski definition) is 0. The quantitative estimate of drug-likeness (QED) is 0.587. The van der Waals surface area contributed by atoms with Gasteiger partial charge in [0.15, 0.2) is 0 Å². The van der Waals surface area contributed by atoms with Crippen molar-refractivity contribution >= 4 is 26.7 Å². The molecule has 0 heterocycles. The van der Waals surface area contributed by atoms with Gasteiger partial charge in [0, 0.05) is 4.83 Å². The molecule has 1 atom stereocenters. The van der Waals surface area contributed by atoms with Gasteiger partial charge in [0.1, 0.15) is 0 Å². The van der Waals surface area contributed by atoms with Crippen LogP contribution in [0.1, 0.15) is 49.4 Å². The monoisotopic (exact) mass is 316 g/mol. The lowest BCUT2D eigenvalue weighted by Crippen LogP contribution is -2.21. The van der Waals surface area contributed by atoms with E-state index in [4.69, 9.17) is 0 Å². The third kappa shape index (κ3) is 2.23. The van der Waals surface area contributed by atoms with Gasteiger partial charge in [-0.05, 0) is 41.0 Å². The number of hydrogen-bond acceptors (Lipinski definition) is 0. The summed E-state index contributed by atoms with van der Waals surface area (Å²) in [5.74, 6) is 0. The van der Waals surface area contributed by atoms with E-state index in [1.165, 1.54) is 48.4 Å². The normalized spacial score (nSPS) is 19.7. The average molecular weight is 317 g/mol. The van der Waals surface area contributed by atoms with Crippen LogP contribution in [0.4, 0.5) is 0 Å². The van der Waals surface area contributed by atoms with Crippen molar-refractivity contribution in [2.45, 2.75) is 43.9 Å². The number of halogens is 1. The van der Waals surface area contributed by atoms with E-state index >= 15 is 0 Å². The van der Waals surface area contributed by atoms with E-state index < -0.39 is 0 Å². The fourth-order valence-corrected chi connectivity index (χ4v) is 4.85. The molecule has 0 N–H and O–H groups in total. The topological polar surface area (TPSA) is 0 Å². The molecule has 1 aliphatic rings. The van der Waals surface area contributed by atoms with E-state index in [0.717, 1.165) is 0 Å². The van der Waals surface area contributed by atoms with Crippen molar-refractivity contribution in [3.8, 4) is 0 Å². The van der Waals surface area contributed by atoms with Gasteiger partial charge in [-0.15, -0.1) is 0 Å². The largest absolute Gasteiger partial charge is 0.0832 e. The zero-order valence-electron chi connectivity index (χ0n) is 11.5. The Morgan fingerprint density at radius 1 is 1.05 bits per heavy atom. The lowest BCUT2D eigenvalue weighted by atomic mass is 9.77. The number of fused-ring (bicyclic) bond motifs is 1. The van der Waals surface area contributed by atoms with Crippen molar-refractivity contribution in [3.63, 3.8) is 0 Å². The summed E-state index contributed by atoms with van der Waals surface area (Å²) in [5.41, 5.74) is 1.94. The molecule has 0 nitrogen and oxygen atoms in total. The molecule has 0 aliphatic heterocycles. The lowest BCUT2D eigenvalue weighted by Gasteiger charge is -2.34. The van der Waals surface area contributed by atoms with Gasteiger partial charge in [-0.25, -0.2) is 0 Å². The van der Waals surface area contributed by atoms with Crippen LogP contribution in [0.2, 0.25) is 0 Å². The number of alkyl halides is 1. The molecule has 2 aromatic rings. The van der Waals surface area contributed by atoms with Crippen LogP contribution >= 0.6 is 15.9 Å². The van der Waals surface area contributed by atoms with Crippen molar-refractivity contribution in [1.29, 1.82) is 0 Å². The van der Waals surface area contributed by atoms with E-state index in [9.17, 15) is 0 Å². The Morgan fingerprint density at radius 2 is 1.74 bits per heavy atom. The van der Waals surface area contributed by atoms with Crippen LogP contribution < -0.4 is 0 Å². The SMILES string of the molecule is CCC1(C(Br)c2cccc3ccccc23)CCCC1. The third-order valence-electron chi connectivity index (χ3n) is 4.94. The van der Waals surface area contributed by atoms with Gasteiger partial charge in [-0.1, -0.05) is 78.2 Å². The van der Waals surface area contributed by atoms with Crippen LogP contribution in [0.25, 0.3) is 10.8 Å². The van der Waals surface area contributed by atoms with Crippen LogP contribution in [0.3, 0.4) is 0 Å². The molecule has 3 rings (SSSR count). The molecule has 0 aromatic heterocycles. The Hall–Kier alpha value is -0.820. The Balaban J connectivity index is 2.08. The minimum Gasteiger partial charge on any atom is -0.0832 e. The van der Waals surface area contributed by atoms with Crippen molar-refractivity contribution in [2.24, 2.45) is 5.41 Å². The van der Waals surface area contributed by atoms with Gasteiger partial charge in [-0.2, -0.15) is 0 Å². The zero-order chi connectivity index (χ0) is 13.3. The smallest absolute Gasteiger partial charge is 0.0457 e. The van der Waals surface area contributed by atoms with Crippen LogP contribution in [0.5, 0.6) is 0 Å². The molecule has 1 saturated carbocycles. The van der Waals surface area contributed by atoms with Gasteiger partial charge in [0.05, 0.1) is 0 Å². The van der Waals surface area contributed by atoms with E-state index in [-0.39, 0.29) is 0 Å². The van der Waals surface area contributed by atoms with E-state index in [1.807, 2.05) is 0 Å². The molecule has 19 heavy (non-hydrogen) atoms. The van der Waals surface area contributed by atoms with Gasteiger partial charge in [-0.3, -0.25) is 0 Å². The Morgan fingerprint density at radius 3 is 2.47 bits per heavy atom. The Bertz CT molecular complexity index is 561. The van der Waals surface area contributed by atoms with E-state index in [2.05, 4.69) is 65.3 Å². The number of rotatable bonds is 3. The summed E-state index contributed by atoms with van der Waals surface area (Å²) in [5, 5.41) is 2.76. The highest BCUT2D eigenvalue weighted by atomic mass is 79.9. The summed E-state index contributed by atoms with van der Waals surface area (Å²) in [6.07, 6.45) is 6.78. The Labute approximate surface area is 124 Å². The molecule has 1 unspecified atom stereocenters. The van der Waals surface area contributed by atoms with Crippen LogP contribution in [-0.4, -0.2) is 0 Å². The zero-order valence-corrected chi connectivity index (χ0v) is 13.1. The highest BCUT2D eigenvalue weighted by Gasteiger charge is 2.39. The second-order valence-electron chi connectivity index (χ2n) is 5.85. The fourth-order valence-electron chi connectivity index (χ4n) is 3.67. The summed E-state index contributed by atoms with van der Waals surface area (Å²) < 4.78 is 0. The predicted molar refractivity (Wildman–Crippen MR) is 86.8 cm³/mol. The highest BCUT2D eigenvalue weighted by Crippen LogP contribution is 2.54. The predicted octanol–water partition coefficient (Wildman–Crippen LogP) is 6.25. The van der Waals surface area contributed by atoms with Gasteiger partial charge >= 0.3 is 0 Å². The first kappa shape index (κ1) is 13.2. The van der Waals surface area contributed by atoms with Crippen LogP contribution in [0, 0.1) is 5.41 Å². The fraction of sp³-hybridized carbons (Fsp3) is 0.444. The summed E-state index contributed by atoms with van der Waals surface area (Å²) in [6, 6.07) is 15.5. The molecule has 1 heteroatoms. The first-order chi connectivity index (χ1) is 9.27. The van der Waals surface area contributed by atoms with Crippen LogP contribution in [-0.2, 0) is 0 Å². The second-order valence-corrected chi connectivity index (χ2v) is 6.77. The van der Waals surface area contributed by atoms with Gasteiger partial charge < -0.3 is 0 Å². The molecule has 0 bridgehead atoms. The molecule has 1 aliphatic carbocycles. The first-order valence-corrected chi connectivity index (χ1v) is 8.30.